The molecular formula is C16H21ClN2O2. The molecule has 0 spiro atoms. The minimum atomic E-state index is -0.0494. The molecule has 21 heavy (non-hydrogen) atoms. The number of aryl methyl sites for hydroxylation is 2. The van der Waals surface area contributed by atoms with Crippen molar-refractivity contribution in [2.75, 3.05) is 13.1 Å². The fraction of sp³-hybridized carbons (Fsp3) is 0.438. The molecular weight excluding hydrogens is 288 g/mol. The van der Waals surface area contributed by atoms with E-state index in [0.29, 0.717) is 12.3 Å². The molecule has 3 rings (SSSR count). The van der Waals surface area contributed by atoms with Crippen molar-refractivity contribution in [2.45, 2.75) is 32.7 Å². The molecule has 1 saturated heterocycles. The molecule has 114 valence electrons. The first kappa shape index (κ1) is 15.9. The van der Waals surface area contributed by atoms with Crippen LogP contribution in [0, 0.1) is 13.8 Å². The number of nitrogens with two attached hydrogens (primary N) is 1. The summed E-state index contributed by atoms with van der Waals surface area (Å²) in [4.78, 5) is 14.3. The summed E-state index contributed by atoms with van der Waals surface area (Å²) < 4.78 is 5.72. The molecule has 5 heteroatoms. The number of amides is 1. The first-order valence-electron chi connectivity index (χ1n) is 7.10. The van der Waals surface area contributed by atoms with E-state index in [1.54, 1.807) is 4.90 Å². The van der Waals surface area contributed by atoms with Gasteiger partial charge < -0.3 is 15.1 Å². The summed E-state index contributed by atoms with van der Waals surface area (Å²) in [5, 5.41) is 0.984. The van der Waals surface area contributed by atoms with Gasteiger partial charge in [0, 0.05) is 24.5 Å². The highest BCUT2D eigenvalue weighted by molar-refractivity contribution is 5.96. The average molecular weight is 309 g/mol. The zero-order chi connectivity index (χ0) is 14.3. The van der Waals surface area contributed by atoms with E-state index in [9.17, 15) is 4.79 Å². The lowest BCUT2D eigenvalue weighted by Crippen LogP contribution is -2.45. The second-order valence-electron chi connectivity index (χ2n) is 5.74. The number of hydrogen-bond donors (Lipinski definition) is 1. The zero-order valence-electron chi connectivity index (χ0n) is 12.4. The second kappa shape index (κ2) is 6.08. The van der Waals surface area contributed by atoms with E-state index in [0.717, 1.165) is 30.4 Å². The highest BCUT2D eigenvalue weighted by atomic mass is 35.5. The summed E-state index contributed by atoms with van der Waals surface area (Å²) in [6, 6.07) is 5.97. The molecule has 1 aliphatic rings. The molecule has 1 unspecified atom stereocenters. The van der Waals surface area contributed by atoms with Crippen LogP contribution in [0.15, 0.2) is 22.6 Å². The smallest absolute Gasteiger partial charge is 0.289 e. The molecule has 0 saturated carbocycles. The standard InChI is InChI=1S/C16H20N2O2.ClH/c1-10-6-12-8-15(20-14(12)7-11(10)2)16(19)18-5-3-4-13(17)9-18;/h6-8,13H,3-5,9,17H2,1-2H3;1H. The third-order valence-electron chi connectivity index (χ3n) is 4.09. The highest BCUT2D eigenvalue weighted by Crippen LogP contribution is 2.24. The maximum atomic E-state index is 12.5. The van der Waals surface area contributed by atoms with Crippen molar-refractivity contribution in [3.05, 3.63) is 35.1 Å². The number of halogens is 1. The van der Waals surface area contributed by atoms with Crippen molar-refractivity contribution in [1.82, 2.24) is 4.90 Å². The number of carbonyl (C=O) groups excluding carboxylic acids is 1. The van der Waals surface area contributed by atoms with Crippen molar-refractivity contribution < 1.29 is 9.21 Å². The summed E-state index contributed by atoms with van der Waals surface area (Å²) in [5.41, 5.74) is 9.08. The van der Waals surface area contributed by atoms with E-state index in [2.05, 4.69) is 13.0 Å². The van der Waals surface area contributed by atoms with Gasteiger partial charge in [0.1, 0.15) is 5.58 Å². The number of likely N-dealkylation sites (tertiary alicyclic amines) is 1. The van der Waals surface area contributed by atoms with E-state index < -0.39 is 0 Å². The van der Waals surface area contributed by atoms with Gasteiger partial charge in [0.25, 0.3) is 5.91 Å². The molecule has 4 nitrogen and oxygen atoms in total. The third-order valence-corrected chi connectivity index (χ3v) is 4.09. The van der Waals surface area contributed by atoms with Crippen LogP contribution >= 0.6 is 12.4 Å². The minimum Gasteiger partial charge on any atom is -0.451 e. The number of hydrogen-bond acceptors (Lipinski definition) is 3. The van der Waals surface area contributed by atoms with Gasteiger partial charge in [-0.25, -0.2) is 0 Å². The predicted molar refractivity (Wildman–Crippen MR) is 86.0 cm³/mol. The van der Waals surface area contributed by atoms with E-state index >= 15 is 0 Å². The van der Waals surface area contributed by atoms with Gasteiger partial charge in [-0.2, -0.15) is 0 Å². The lowest BCUT2D eigenvalue weighted by Gasteiger charge is -2.29. The van der Waals surface area contributed by atoms with Gasteiger partial charge >= 0.3 is 0 Å². The number of carbonyl (C=O) groups is 1. The summed E-state index contributed by atoms with van der Waals surface area (Å²) in [5.74, 6) is 0.366. The van der Waals surface area contributed by atoms with Gasteiger partial charge in [0.2, 0.25) is 0 Å². The lowest BCUT2D eigenvalue weighted by molar-refractivity contribution is 0.0679. The fourth-order valence-electron chi connectivity index (χ4n) is 2.76. The maximum absolute atomic E-state index is 12.5. The number of fused-ring (bicyclic) bond motifs is 1. The molecule has 2 heterocycles. The van der Waals surface area contributed by atoms with Crippen molar-refractivity contribution in [3.8, 4) is 0 Å². The molecule has 2 N–H and O–H groups in total. The maximum Gasteiger partial charge on any atom is 0.289 e. The summed E-state index contributed by atoms with van der Waals surface area (Å²) >= 11 is 0. The second-order valence-corrected chi connectivity index (χ2v) is 5.74. The van der Waals surface area contributed by atoms with Gasteiger partial charge in [-0.05, 0) is 56.0 Å². The quantitative estimate of drug-likeness (QED) is 0.881. The van der Waals surface area contributed by atoms with Crippen LogP contribution in [0.1, 0.15) is 34.5 Å². The molecule has 1 atom stereocenters. The monoisotopic (exact) mass is 308 g/mol. The van der Waals surface area contributed by atoms with Crippen LogP contribution in [0.25, 0.3) is 11.0 Å². The van der Waals surface area contributed by atoms with Crippen LogP contribution < -0.4 is 5.73 Å². The topological polar surface area (TPSA) is 59.5 Å². The van der Waals surface area contributed by atoms with E-state index in [1.807, 2.05) is 19.1 Å². The van der Waals surface area contributed by atoms with E-state index in [-0.39, 0.29) is 24.4 Å². The Morgan fingerprint density at radius 3 is 2.71 bits per heavy atom. The average Bonchev–Trinajstić information content (AvgIpc) is 2.81. The Balaban J connectivity index is 0.00000161. The third kappa shape index (κ3) is 3.06. The highest BCUT2D eigenvalue weighted by Gasteiger charge is 2.24. The Morgan fingerprint density at radius 1 is 1.29 bits per heavy atom. The van der Waals surface area contributed by atoms with Crippen LogP contribution in [0.4, 0.5) is 0 Å². The van der Waals surface area contributed by atoms with Crippen LogP contribution in [-0.2, 0) is 0 Å². The van der Waals surface area contributed by atoms with Crippen molar-refractivity contribution in [3.63, 3.8) is 0 Å². The van der Waals surface area contributed by atoms with Gasteiger partial charge in [-0.1, -0.05) is 0 Å². The minimum absolute atomic E-state index is 0. The van der Waals surface area contributed by atoms with Crippen LogP contribution in [0.5, 0.6) is 0 Å². The summed E-state index contributed by atoms with van der Waals surface area (Å²) in [7, 11) is 0. The Morgan fingerprint density at radius 2 is 2.00 bits per heavy atom. The number of piperidine rings is 1. The Bertz CT molecular complexity index is 627. The van der Waals surface area contributed by atoms with E-state index in [1.165, 1.54) is 11.1 Å². The molecule has 0 radical (unpaired) electrons. The molecule has 1 fully saturated rings. The number of rotatable bonds is 1. The molecule has 1 aromatic carbocycles. The zero-order valence-corrected chi connectivity index (χ0v) is 13.2. The molecule has 1 amide bonds. The van der Waals surface area contributed by atoms with Gasteiger partial charge in [0.15, 0.2) is 5.76 Å². The van der Waals surface area contributed by atoms with Crippen molar-refractivity contribution in [1.29, 1.82) is 0 Å². The Kier molecular flexibility index (Phi) is 4.59. The van der Waals surface area contributed by atoms with Gasteiger partial charge in [-0.3, -0.25) is 4.79 Å². The molecule has 1 aromatic heterocycles. The van der Waals surface area contributed by atoms with Crippen molar-refractivity contribution >= 4 is 29.3 Å². The largest absolute Gasteiger partial charge is 0.451 e. The van der Waals surface area contributed by atoms with Crippen molar-refractivity contribution in [2.24, 2.45) is 5.73 Å². The Labute approximate surface area is 130 Å². The normalized spacial score (nSPS) is 18.6. The number of nitrogens with zero attached hydrogens (tertiary/aromatic N) is 1. The van der Waals surface area contributed by atoms with E-state index in [4.69, 9.17) is 10.2 Å². The van der Waals surface area contributed by atoms with Crippen LogP contribution in [0.3, 0.4) is 0 Å². The fourth-order valence-corrected chi connectivity index (χ4v) is 2.76. The molecule has 1 aliphatic heterocycles. The molecule has 0 aliphatic carbocycles. The molecule has 2 aromatic rings. The summed E-state index contributed by atoms with van der Waals surface area (Å²) in [6.07, 6.45) is 1.95. The van der Waals surface area contributed by atoms with Crippen LogP contribution in [-0.4, -0.2) is 29.9 Å². The van der Waals surface area contributed by atoms with Gasteiger partial charge in [-0.15, -0.1) is 12.4 Å². The first-order chi connectivity index (χ1) is 9.54. The SMILES string of the molecule is Cc1cc2cc(C(=O)N3CCCC(N)C3)oc2cc1C.Cl. The first-order valence-corrected chi connectivity index (χ1v) is 7.10. The van der Waals surface area contributed by atoms with Gasteiger partial charge in [0.05, 0.1) is 0 Å². The predicted octanol–water partition coefficient (Wildman–Crippen LogP) is 3.03. The van der Waals surface area contributed by atoms with Crippen LogP contribution in [0.2, 0.25) is 0 Å². The molecule has 0 bridgehead atoms. The number of furan rings is 1. The lowest BCUT2D eigenvalue weighted by atomic mass is 10.1. The number of benzene rings is 1. The summed E-state index contributed by atoms with van der Waals surface area (Å²) in [6.45, 7) is 5.49. The Hall–Kier alpha value is -1.52.